The zero-order valence-corrected chi connectivity index (χ0v) is 12.5. The average Bonchev–Trinajstić information content (AvgIpc) is 2.37. The van der Waals surface area contributed by atoms with Gasteiger partial charge in [0.05, 0.1) is 5.56 Å². The van der Waals surface area contributed by atoms with Gasteiger partial charge in [-0.15, -0.1) is 0 Å². The maximum atomic E-state index is 13.2. The summed E-state index contributed by atoms with van der Waals surface area (Å²) >= 11 is 8.85. The summed E-state index contributed by atoms with van der Waals surface area (Å²) in [5.74, 6) is -2.08. The summed E-state index contributed by atoms with van der Waals surface area (Å²) in [5.41, 5.74) is -1.59. The van der Waals surface area contributed by atoms with Gasteiger partial charge in [0.1, 0.15) is 5.82 Å². The van der Waals surface area contributed by atoms with E-state index in [1.54, 1.807) is 0 Å². The van der Waals surface area contributed by atoms with E-state index in [9.17, 15) is 22.4 Å². The molecule has 0 heterocycles. The summed E-state index contributed by atoms with van der Waals surface area (Å²) in [7, 11) is 0. The number of carbonyl (C=O) groups excluding carboxylic acids is 1. The van der Waals surface area contributed by atoms with E-state index in [0.29, 0.717) is 21.6 Å². The van der Waals surface area contributed by atoms with Crippen molar-refractivity contribution in [3.05, 3.63) is 68.4 Å². The molecule has 0 bridgehead atoms. The summed E-state index contributed by atoms with van der Waals surface area (Å²) in [6.45, 7) is 0. The first-order valence-electron chi connectivity index (χ1n) is 5.56. The maximum absolute atomic E-state index is 13.2. The molecule has 0 aliphatic carbocycles. The fraction of sp³-hybridized carbons (Fsp3) is 0.0714. The molecule has 0 aliphatic rings. The molecule has 2 aromatic rings. The van der Waals surface area contributed by atoms with E-state index in [1.165, 1.54) is 18.2 Å². The van der Waals surface area contributed by atoms with Gasteiger partial charge in [-0.05, 0) is 52.3 Å². The van der Waals surface area contributed by atoms with Crippen molar-refractivity contribution in [1.29, 1.82) is 0 Å². The van der Waals surface area contributed by atoms with Gasteiger partial charge in [-0.1, -0.05) is 11.6 Å². The minimum Gasteiger partial charge on any atom is -0.289 e. The van der Waals surface area contributed by atoms with Crippen LogP contribution in [-0.2, 0) is 6.18 Å². The normalized spacial score (nSPS) is 11.5. The smallest absolute Gasteiger partial charge is 0.289 e. The second-order valence-electron chi connectivity index (χ2n) is 4.15. The van der Waals surface area contributed by atoms with Crippen LogP contribution in [0.3, 0.4) is 0 Å². The molecular weight excluding hydrogens is 376 g/mol. The molecule has 0 fully saturated rings. The van der Waals surface area contributed by atoms with E-state index in [2.05, 4.69) is 15.9 Å². The lowest BCUT2D eigenvalue weighted by Crippen LogP contribution is -2.11. The van der Waals surface area contributed by atoms with Crippen molar-refractivity contribution >= 4 is 33.3 Å². The first kappa shape index (κ1) is 16.0. The molecule has 0 saturated carbocycles. The van der Waals surface area contributed by atoms with Crippen molar-refractivity contribution in [2.45, 2.75) is 6.18 Å². The highest BCUT2D eigenvalue weighted by molar-refractivity contribution is 9.10. The van der Waals surface area contributed by atoms with Gasteiger partial charge < -0.3 is 0 Å². The van der Waals surface area contributed by atoms with Crippen molar-refractivity contribution in [1.82, 2.24) is 0 Å². The molecule has 0 saturated heterocycles. The summed E-state index contributed by atoms with van der Waals surface area (Å²) in [5, 5.41) is 0.369. The largest absolute Gasteiger partial charge is 0.419 e. The van der Waals surface area contributed by atoms with Crippen LogP contribution in [0.25, 0.3) is 0 Å². The number of ketones is 1. The highest BCUT2D eigenvalue weighted by atomic mass is 79.9. The van der Waals surface area contributed by atoms with Crippen LogP contribution in [0.15, 0.2) is 40.9 Å². The minimum absolute atomic E-state index is 0.138. The zero-order chi connectivity index (χ0) is 15.8. The maximum Gasteiger partial charge on any atom is 0.419 e. The molecule has 2 aromatic carbocycles. The van der Waals surface area contributed by atoms with Gasteiger partial charge in [-0.25, -0.2) is 4.39 Å². The van der Waals surface area contributed by atoms with E-state index in [1.807, 2.05) is 0 Å². The van der Waals surface area contributed by atoms with Gasteiger partial charge in [-0.3, -0.25) is 4.79 Å². The van der Waals surface area contributed by atoms with Crippen molar-refractivity contribution < 1.29 is 22.4 Å². The molecule has 0 unspecified atom stereocenters. The summed E-state index contributed by atoms with van der Waals surface area (Å²) < 4.78 is 51.5. The number of hydrogen-bond acceptors (Lipinski definition) is 1. The summed E-state index contributed by atoms with van der Waals surface area (Å²) in [6.07, 6.45) is -4.86. The van der Waals surface area contributed by atoms with Crippen molar-refractivity contribution in [2.75, 3.05) is 0 Å². The number of carbonyl (C=O) groups is 1. The fourth-order valence-corrected chi connectivity index (χ4v) is 2.58. The molecule has 0 radical (unpaired) electrons. The molecule has 21 heavy (non-hydrogen) atoms. The van der Waals surface area contributed by atoms with Gasteiger partial charge in [-0.2, -0.15) is 13.2 Å². The Bertz CT molecular complexity index is 713. The van der Waals surface area contributed by atoms with Gasteiger partial charge in [0, 0.05) is 20.6 Å². The standard InChI is InChI=1S/C14H6BrClF4O/c15-11-6-8(16)2-3-9(11)13(21)7-1-4-12(17)10(5-7)14(18,19)20/h1-6H. The third-order valence-corrected chi connectivity index (χ3v) is 3.60. The van der Waals surface area contributed by atoms with Crippen LogP contribution in [0.2, 0.25) is 5.02 Å². The Kier molecular flexibility index (Phi) is 4.39. The highest BCUT2D eigenvalue weighted by Crippen LogP contribution is 2.33. The van der Waals surface area contributed by atoms with E-state index < -0.39 is 23.3 Å². The topological polar surface area (TPSA) is 17.1 Å². The lowest BCUT2D eigenvalue weighted by Gasteiger charge is -2.10. The van der Waals surface area contributed by atoms with Crippen LogP contribution in [-0.4, -0.2) is 5.78 Å². The Morgan fingerprint density at radius 1 is 1.10 bits per heavy atom. The second kappa shape index (κ2) is 5.77. The lowest BCUT2D eigenvalue weighted by molar-refractivity contribution is -0.140. The Hall–Kier alpha value is -1.40. The first-order valence-corrected chi connectivity index (χ1v) is 6.74. The van der Waals surface area contributed by atoms with Crippen molar-refractivity contribution in [2.24, 2.45) is 0 Å². The second-order valence-corrected chi connectivity index (χ2v) is 5.44. The van der Waals surface area contributed by atoms with Crippen LogP contribution in [0.4, 0.5) is 17.6 Å². The molecule has 0 N–H and O–H groups in total. The van der Waals surface area contributed by atoms with Gasteiger partial charge in [0.25, 0.3) is 0 Å². The quantitative estimate of drug-likeness (QED) is 0.496. The van der Waals surface area contributed by atoms with Gasteiger partial charge in [0.2, 0.25) is 0 Å². The van der Waals surface area contributed by atoms with E-state index in [-0.39, 0.29) is 11.1 Å². The van der Waals surface area contributed by atoms with Crippen LogP contribution >= 0.6 is 27.5 Å². The number of hydrogen-bond donors (Lipinski definition) is 0. The van der Waals surface area contributed by atoms with Crippen molar-refractivity contribution in [3.63, 3.8) is 0 Å². The zero-order valence-electron chi connectivity index (χ0n) is 10.1. The summed E-state index contributed by atoms with van der Waals surface area (Å²) in [4.78, 5) is 12.2. The van der Waals surface area contributed by atoms with Gasteiger partial charge >= 0.3 is 6.18 Å². The number of rotatable bonds is 2. The molecule has 7 heteroatoms. The summed E-state index contributed by atoms with van der Waals surface area (Å²) in [6, 6.07) is 6.40. The number of alkyl halides is 3. The lowest BCUT2D eigenvalue weighted by atomic mass is 10.0. The Labute approximate surface area is 130 Å². The third kappa shape index (κ3) is 3.44. The molecule has 0 atom stereocenters. The molecule has 1 nitrogen and oxygen atoms in total. The molecular formula is C14H6BrClF4O. The monoisotopic (exact) mass is 380 g/mol. The van der Waals surface area contributed by atoms with E-state index in [0.717, 1.165) is 6.07 Å². The number of benzene rings is 2. The highest BCUT2D eigenvalue weighted by Gasteiger charge is 2.34. The van der Waals surface area contributed by atoms with Crippen molar-refractivity contribution in [3.8, 4) is 0 Å². The molecule has 0 spiro atoms. The van der Waals surface area contributed by atoms with Gasteiger partial charge in [0.15, 0.2) is 5.78 Å². The Balaban J connectivity index is 2.49. The molecule has 0 amide bonds. The SMILES string of the molecule is O=C(c1ccc(F)c(C(F)(F)F)c1)c1ccc(Cl)cc1Br. The molecule has 2 rings (SSSR count). The van der Waals surface area contributed by atoms with E-state index in [4.69, 9.17) is 11.6 Å². The van der Waals surface area contributed by atoms with Crippen LogP contribution in [0.5, 0.6) is 0 Å². The molecule has 0 aliphatic heterocycles. The minimum atomic E-state index is -4.86. The average molecular weight is 382 g/mol. The van der Waals surface area contributed by atoms with E-state index >= 15 is 0 Å². The van der Waals surface area contributed by atoms with Crippen LogP contribution < -0.4 is 0 Å². The number of halogens is 6. The molecule has 0 aromatic heterocycles. The fourth-order valence-electron chi connectivity index (χ4n) is 1.71. The van der Waals surface area contributed by atoms with Crippen LogP contribution in [0, 0.1) is 5.82 Å². The third-order valence-electron chi connectivity index (χ3n) is 2.71. The predicted octanol–water partition coefficient (Wildman–Crippen LogP) is 5.49. The first-order chi connectivity index (χ1) is 9.70. The predicted molar refractivity (Wildman–Crippen MR) is 74.0 cm³/mol. The Morgan fingerprint density at radius 3 is 2.33 bits per heavy atom. The van der Waals surface area contributed by atoms with Crippen LogP contribution in [0.1, 0.15) is 21.5 Å². The molecule has 110 valence electrons. The Morgan fingerprint density at radius 2 is 1.76 bits per heavy atom.